The number of hydrogen-bond donors (Lipinski definition) is 1. The molecule has 1 heterocycles. The highest BCUT2D eigenvalue weighted by Gasteiger charge is 2.44. The number of likely N-dealkylation sites (tertiary alicyclic amines) is 1. The van der Waals surface area contributed by atoms with E-state index in [-0.39, 0.29) is 0 Å². The number of nitrogens with zero attached hydrogens (tertiary/aromatic N) is 1. The van der Waals surface area contributed by atoms with Crippen molar-refractivity contribution in [3.05, 3.63) is 0 Å². The third kappa shape index (κ3) is 1.89. The van der Waals surface area contributed by atoms with Gasteiger partial charge in [0.15, 0.2) is 0 Å². The average Bonchev–Trinajstić information content (AvgIpc) is 2.78. The van der Waals surface area contributed by atoms with Crippen LogP contribution in [0, 0.1) is 5.92 Å². The van der Waals surface area contributed by atoms with Crippen molar-refractivity contribution in [1.82, 2.24) is 4.90 Å². The standard InChI is InChI=1S/C11H21NO/c1-11(2)7-9(5-6-13)8-12(11)10-3-4-10/h9-10,13H,3-8H2,1-2H3. The maximum Gasteiger partial charge on any atom is 0.0434 e. The summed E-state index contributed by atoms with van der Waals surface area (Å²) < 4.78 is 0. The van der Waals surface area contributed by atoms with Gasteiger partial charge in [-0.1, -0.05) is 0 Å². The van der Waals surface area contributed by atoms with Crippen LogP contribution in [0.2, 0.25) is 0 Å². The van der Waals surface area contributed by atoms with Crippen molar-refractivity contribution in [3.8, 4) is 0 Å². The highest BCUT2D eigenvalue weighted by molar-refractivity contribution is 5.00. The number of aliphatic hydroxyl groups excluding tert-OH is 1. The van der Waals surface area contributed by atoms with Crippen molar-refractivity contribution < 1.29 is 5.11 Å². The quantitative estimate of drug-likeness (QED) is 0.719. The van der Waals surface area contributed by atoms with E-state index >= 15 is 0 Å². The molecule has 2 rings (SSSR count). The maximum absolute atomic E-state index is 8.92. The molecule has 1 aliphatic carbocycles. The van der Waals surface area contributed by atoms with Crippen LogP contribution in [0.4, 0.5) is 0 Å². The Morgan fingerprint density at radius 3 is 2.62 bits per heavy atom. The highest BCUT2D eigenvalue weighted by Crippen LogP contribution is 2.42. The molecule has 0 amide bonds. The minimum Gasteiger partial charge on any atom is -0.396 e. The van der Waals surface area contributed by atoms with E-state index in [0.717, 1.165) is 18.4 Å². The molecule has 1 saturated heterocycles. The minimum absolute atomic E-state index is 0.360. The lowest BCUT2D eigenvalue weighted by molar-refractivity contribution is 0.164. The Morgan fingerprint density at radius 2 is 2.08 bits per heavy atom. The molecule has 2 nitrogen and oxygen atoms in total. The average molecular weight is 183 g/mol. The van der Waals surface area contributed by atoms with Gasteiger partial charge in [0.05, 0.1) is 0 Å². The van der Waals surface area contributed by atoms with Crippen molar-refractivity contribution in [2.45, 2.75) is 51.1 Å². The zero-order valence-corrected chi connectivity index (χ0v) is 8.79. The van der Waals surface area contributed by atoms with Crippen LogP contribution < -0.4 is 0 Å². The molecule has 1 N–H and O–H groups in total. The van der Waals surface area contributed by atoms with Crippen LogP contribution in [-0.4, -0.2) is 34.7 Å². The van der Waals surface area contributed by atoms with Gasteiger partial charge in [-0.05, 0) is 45.4 Å². The number of rotatable bonds is 3. The number of aliphatic hydroxyl groups is 1. The fourth-order valence-electron chi connectivity index (χ4n) is 2.82. The fraction of sp³-hybridized carbons (Fsp3) is 1.00. The summed E-state index contributed by atoms with van der Waals surface area (Å²) in [7, 11) is 0. The van der Waals surface area contributed by atoms with Crippen LogP contribution in [0.15, 0.2) is 0 Å². The van der Waals surface area contributed by atoms with E-state index < -0.39 is 0 Å². The van der Waals surface area contributed by atoms with Crippen LogP contribution in [0.25, 0.3) is 0 Å². The van der Waals surface area contributed by atoms with Crippen molar-refractivity contribution in [2.75, 3.05) is 13.2 Å². The molecule has 2 aliphatic rings. The van der Waals surface area contributed by atoms with Crippen LogP contribution in [0.1, 0.15) is 39.5 Å². The monoisotopic (exact) mass is 183 g/mol. The van der Waals surface area contributed by atoms with E-state index in [4.69, 9.17) is 5.11 Å². The molecular formula is C11H21NO. The van der Waals surface area contributed by atoms with Crippen LogP contribution in [0.5, 0.6) is 0 Å². The first kappa shape index (κ1) is 9.47. The molecule has 1 saturated carbocycles. The largest absolute Gasteiger partial charge is 0.396 e. The van der Waals surface area contributed by atoms with E-state index in [1.807, 2.05) is 0 Å². The second-order valence-corrected chi connectivity index (χ2v) is 5.28. The molecule has 0 aromatic carbocycles. The van der Waals surface area contributed by atoms with Gasteiger partial charge >= 0.3 is 0 Å². The van der Waals surface area contributed by atoms with E-state index in [2.05, 4.69) is 18.7 Å². The van der Waals surface area contributed by atoms with Crippen LogP contribution in [0.3, 0.4) is 0 Å². The first-order valence-electron chi connectivity index (χ1n) is 5.51. The lowest BCUT2D eigenvalue weighted by atomic mass is 9.94. The molecule has 0 aromatic heterocycles. The summed E-state index contributed by atoms with van der Waals surface area (Å²) in [5.41, 5.74) is 0.390. The second kappa shape index (κ2) is 3.25. The van der Waals surface area contributed by atoms with Gasteiger partial charge in [0.25, 0.3) is 0 Å². The molecule has 0 spiro atoms. The first-order chi connectivity index (χ1) is 6.13. The summed E-state index contributed by atoms with van der Waals surface area (Å²) in [5, 5.41) is 8.92. The smallest absolute Gasteiger partial charge is 0.0434 e. The van der Waals surface area contributed by atoms with Crippen molar-refractivity contribution >= 4 is 0 Å². The summed E-state index contributed by atoms with van der Waals surface area (Å²) in [6.45, 7) is 6.28. The van der Waals surface area contributed by atoms with Crippen molar-refractivity contribution in [2.24, 2.45) is 5.92 Å². The van der Waals surface area contributed by atoms with Crippen molar-refractivity contribution in [3.63, 3.8) is 0 Å². The molecule has 0 bridgehead atoms. The Labute approximate surface area is 80.9 Å². The van der Waals surface area contributed by atoms with Gasteiger partial charge in [-0.2, -0.15) is 0 Å². The number of hydrogen-bond acceptors (Lipinski definition) is 2. The first-order valence-corrected chi connectivity index (χ1v) is 5.51. The second-order valence-electron chi connectivity index (χ2n) is 5.28. The third-order valence-corrected chi connectivity index (χ3v) is 3.55. The predicted molar refractivity (Wildman–Crippen MR) is 53.6 cm³/mol. The summed E-state index contributed by atoms with van der Waals surface area (Å²) >= 11 is 0. The highest BCUT2D eigenvalue weighted by atomic mass is 16.3. The van der Waals surface area contributed by atoms with Gasteiger partial charge in [0.1, 0.15) is 0 Å². The molecule has 2 fully saturated rings. The molecule has 13 heavy (non-hydrogen) atoms. The molecular weight excluding hydrogens is 162 g/mol. The summed E-state index contributed by atoms with van der Waals surface area (Å²) in [4.78, 5) is 2.66. The molecule has 0 aromatic rings. The van der Waals surface area contributed by atoms with Gasteiger partial charge in [0, 0.05) is 24.7 Å². The summed E-state index contributed by atoms with van der Waals surface area (Å²) in [6, 6.07) is 0.874. The molecule has 2 heteroatoms. The SMILES string of the molecule is CC1(C)CC(CCO)CN1C1CC1. The van der Waals surface area contributed by atoms with Gasteiger partial charge in [-0.25, -0.2) is 0 Å². The summed E-state index contributed by atoms with van der Waals surface area (Å²) in [5.74, 6) is 0.737. The van der Waals surface area contributed by atoms with Gasteiger partial charge in [-0.3, -0.25) is 4.90 Å². The fourth-order valence-corrected chi connectivity index (χ4v) is 2.82. The lowest BCUT2D eigenvalue weighted by Crippen LogP contribution is -2.39. The Hall–Kier alpha value is -0.0800. The van der Waals surface area contributed by atoms with E-state index in [1.54, 1.807) is 0 Å². The topological polar surface area (TPSA) is 23.5 Å². The maximum atomic E-state index is 8.92. The molecule has 0 radical (unpaired) electrons. The Bertz CT molecular complexity index is 187. The normalized spacial score (nSPS) is 33.9. The Kier molecular flexibility index (Phi) is 2.37. The molecule has 1 atom stereocenters. The van der Waals surface area contributed by atoms with Gasteiger partial charge < -0.3 is 5.11 Å². The lowest BCUT2D eigenvalue weighted by Gasteiger charge is -2.31. The van der Waals surface area contributed by atoms with E-state index in [0.29, 0.717) is 12.1 Å². The van der Waals surface area contributed by atoms with Gasteiger partial charge in [0.2, 0.25) is 0 Å². The minimum atomic E-state index is 0.360. The Morgan fingerprint density at radius 1 is 1.38 bits per heavy atom. The van der Waals surface area contributed by atoms with Crippen LogP contribution >= 0.6 is 0 Å². The van der Waals surface area contributed by atoms with Crippen molar-refractivity contribution in [1.29, 1.82) is 0 Å². The van der Waals surface area contributed by atoms with Crippen LogP contribution in [-0.2, 0) is 0 Å². The zero-order chi connectivity index (χ0) is 9.47. The van der Waals surface area contributed by atoms with Gasteiger partial charge in [-0.15, -0.1) is 0 Å². The summed E-state index contributed by atoms with van der Waals surface area (Å²) in [6.07, 6.45) is 5.06. The Balaban J connectivity index is 1.95. The molecule has 1 unspecified atom stereocenters. The predicted octanol–water partition coefficient (Wildman–Crippen LogP) is 1.63. The van der Waals surface area contributed by atoms with E-state index in [9.17, 15) is 0 Å². The third-order valence-electron chi connectivity index (χ3n) is 3.55. The van der Waals surface area contributed by atoms with E-state index in [1.165, 1.54) is 25.8 Å². The zero-order valence-electron chi connectivity index (χ0n) is 8.79. The molecule has 76 valence electrons. The molecule has 1 aliphatic heterocycles.